The molecule has 0 amide bonds. The lowest BCUT2D eigenvalue weighted by molar-refractivity contribution is 0.469. The fourth-order valence-electron chi connectivity index (χ4n) is 2.67. The number of aromatic nitrogens is 2. The van der Waals surface area contributed by atoms with E-state index in [0.29, 0.717) is 0 Å². The highest BCUT2D eigenvalue weighted by Crippen LogP contribution is 2.28. The number of nitrogens with zero attached hydrogens (tertiary/aromatic N) is 6. The first-order chi connectivity index (χ1) is 11.5. The Kier molecular flexibility index (Phi) is 4.78. The van der Waals surface area contributed by atoms with E-state index in [1.54, 1.807) is 12.4 Å². The minimum atomic E-state index is 0.721. The molecule has 0 radical (unpaired) electrons. The summed E-state index contributed by atoms with van der Waals surface area (Å²) in [6.45, 7) is 1.44. The van der Waals surface area contributed by atoms with Crippen molar-refractivity contribution < 1.29 is 0 Å². The van der Waals surface area contributed by atoms with Crippen LogP contribution in [0.1, 0.15) is 11.1 Å². The van der Waals surface area contributed by atoms with Crippen molar-refractivity contribution >= 4 is 22.8 Å². The third-order valence-electron chi connectivity index (χ3n) is 3.66. The predicted molar refractivity (Wildman–Crippen MR) is 98.0 cm³/mol. The van der Waals surface area contributed by atoms with Gasteiger partial charge in [0.15, 0.2) is 0 Å². The Labute approximate surface area is 142 Å². The summed E-state index contributed by atoms with van der Waals surface area (Å²) in [5, 5.41) is 0. The van der Waals surface area contributed by atoms with E-state index in [2.05, 4.69) is 19.8 Å². The lowest BCUT2D eigenvalue weighted by atomic mass is 10.1. The van der Waals surface area contributed by atoms with Gasteiger partial charge in [-0.25, -0.2) is 0 Å². The summed E-state index contributed by atoms with van der Waals surface area (Å²) in [6.07, 6.45) is 7.24. The molecule has 124 valence electrons. The smallest absolute Gasteiger partial charge is 0.0755 e. The molecule has 3 heterocycles. The van der Waals surface area contributed by atoms with Crippen LogP contribution in [0.25, 0.3) is 0 Å². The van der Waals surface area contributed by atoms with Crippen LogP contribution < -0.4 is 0 Å². The van der Waals surface area contributed by atoms with Crippen molar-refractivity contribution in [2.24, 2.45) is 9.98 Å². The van der Waals surface area contributed by atoms with Crippen LogP contribution in [0.15, 0.2) is 46.9 Å². The lowest BCUT2D eigenvalue weighted by Crippen LogP contribution is -2.25. The molecule has 0 spiro atoms. The Bertz CT molecular complexity index is 724. The number of pyridine rings is 2. The fraction of sp³-hybridized carbons (Fsp3) is 0.333. The van der Waals surface area contributed by atoms with Crippen LogP contribution in [0.4, 0.5) is 11.4 Å². The predicted octanol–water partition coefficient (Wildman–Crippen LogP) is 2.15. The molecular weight excluding hydrogens is 300 g/mol. The van der Waals surface area contributed by atoms with E-state index in [0.717, 1.165) is 47.0 Å². The Hall–Kier alpha value is -2.44. The number of likely N-dealkylation sites (N-methyl/N-ethyl adjacent to an activating group) is 2. The number of fused-ring (bicyclic) bond motifs is 2. The van der Waals surface area contributed by atoms with Crippen LogP contribution in [0.5, 0.6) is 0 Å². The minimum Gasteiger partial charge on any atom is -0.304 e. The molecule has 6 nitrogen and oxygen atoms in total. The van der Waals surface area contributed by atoms with Gasteiger partial charge >= 0.3 is 0 Å². The fourth-order valence-corrected chi connectivity index (χ4v) is 2.67. The zero-order valence-electron chi connectivity index (χ0n) is 14.6. The topological polar surface area (TPSA) is 57.0 Å². The monoisotopic (exact) mass is 322 g/mol. The van der Waals surface area contributed by atoms with Gasteiger partial charge in [0.05, 0.1) is 22.8 Å². The van der Waals surface area contributed by atoms with Crippen molar-refractivity contribution in [1.82, 2.24) is 19.8 Å². The molecule has 0 fully saturated rings. The maximum Gasteiger partial charge on any atom is 0.0755 e. The summed E-state index contributed by atoms with van der Waals surface area (Å²) in [5.74, 6) is 0. The molecular formula is C18H22N6. The van der Waals surface area contributed by atoms with Gasteiger partial charge in [-0.15, -0.1) is 0 Å². The minimum absolute atomic E-state index is 0.721. The van der Waals surface area contributed by atoms with E-state index >= 15 is 0 Å². The first kappa shape index (κ1) is 16.4. The average Bonchev–Trinajstić information content (AvgIpc) is 2.52. The van der Waals surface area contributed by atoms with Gasteiger partial charge in [-0.3, -0.25) is 20.0 Å². The number of hydrogen-bond acceptors (Lipinski definition) is 6. The summed E-state index contributed by atoms with van der Waals surface area (Å²) in [6, 6.07) is 3.88. The van der Waals surface area contributed by atoms with Crippen molar-refractivity contribution in [1.29, 1.82) is 0 Å². The van der Waals surface area contributed by atoms with Crippen LogP contribution >= 0.6 is 0 Å². The number of rotatable bonds is 4. The summed E-state index contributed by atoms with van der Waals surface area (Å²) in [5.41, 5.74) is 5.68. The molecule has 0 saturated heterocycles. The second-order valence-electron chi connectivity index (χ2n) is 6.38. The highest BCUT2D eigenvalue weighted by atomic mass is 15.1. The van der Waals surface area contributed by atoms with Gasteiger partial charge in [0.1, 0.15) is 0 Å². The molecule has 1 aliphatic rings. The third kappa shape index (κ3) is 3.55. The van der Waals surface area contributed by atoms with Crippen molar-refractivity contribution in [3.63, 3.8) is 0 Å². The maximum atomic E-state index is 4.93. The molecule has 0 unspecified atom stereocenters. The SMILES string of the molecule is CN(C)CC1=Nc2ccncc2C(CN(C)C)=Nc2ccncc21. The Morgan fingerprint density at radius 2 is 1.12 bits per heavy atom. The van der Waals surface area contributed by atoms with Gasteiger partial charge < -0.3 is 9.80 Å². The van der Waals surface area contributed by atoms with E-state index < -0.39 is 0 Å². The van der Waals surface area contributed by atoms with E-state index in [1.165, 1.54) is 0 Å². The summed E-state index contributed by atoms with van der Waals surface area (Å²) in [7, 11) is 8.13. The van der Waals surface area contributed by atoms with Crippen molar-refractivity contribution in [2.45, 2.75) is 0 Å². The van der Waals surface area contributed by atoms with Gasteiger partial charge in [-0.1, -0.05) is 0 Å². The van der Waals surface area contributed by atoms with Crippen LogP contribution in [0.3, 0.4) is 0 Å². The van der Waals surface area contributed by atoms with Gasteiger partial charge in [0, 0.05) is 49.0 Å². The maximum absolute atomic E-state index is 4.93. The van der Waals surface area contributed by atoms with Gasteiger partial charge in [-0.2, -0.15) is 0 Å². The van der Waals surface area contributed by atoms with Gasteiger partial charge in [0.25, 0.3) is 0 Å². The van der Waals surface area contributed by atoms with E-state index in [4.69, 9.17) is 9.98 Å². The quantitative estimate of drug-likeness (QED) is 0.865. The number of hydrogen-bond donors (Lipinski definition) is 0. The summed E-state index contributed by atoms with van der Waals surface area (Å²) >= 11 is 0. The molecule has 1 aliphatic heterocycles. The molecule has 0 aromatic carbocycles. The molecule has 0 aliphatic carbocycles. The highest BCUT2D eigenvalue weighted by Gasteiger charge is 2.18. The van der Waals surface area contributed by atoms with Crippen LogP contribution in [-0.4, -0.2) is 72.5 Å². The lowest BCUT2D eigenvalue weighted by Gasteiger charge is -2.20. The highest BCUT2D eigenvalue weighted by molar-refractivity contribution is 6.13. The Balaban J connectivity index is 2.22. The molecule has 24 heavy (non-hydrogen) atoms. The second-order valence-corrected chi connectivity index (χ2v) is 6.38. The molecule has 0 N–H and O–H groups in total. The third-order valence-corrected chi connectivity index (χ3v) is 3.66. The van der Waals surface area contributed by atoms with E-state index in [1.807, 2.05) is 52.7 Å². The van der Waals surface area contributed by atoms with Crippen molar-refractivity contribution in [2.75, 3.05) is 41.3 Å². The Morgan fingerprint density at radius 1 is 0.708 bits per heavy atom. The summed E-state index contributed by atoms with van der Waals surface area (Å²) < 4.78 is 0. The van der Waals surface area contributed by atoms with E-state index in [-0.39, 0.29) is 0 Å². The first-order valence-electron chi connectivity index (χ1n) is 7.88. The number of aliphatic imine (C=N–C) groups is 2. The van der Waals surface area contributed by atoms with Crippen molar-refractivity contribution in [3.8, 4) is 0 Å². The Morgan fingerprint density at radius 3 is 1.50 bits per heavy atom. The molecule has 0 saturated carbocycles. The zero-order valence-corrected chi connectivity index (χ0v) is 14.6. The van der Waals surface area contributed by atoms with Crippen LogP contribution in [-0.2, 0) is 0 Å². The molecule has 0 bridgehead atoms. The van der Waals surface area contributed by atoms with Crippen LogP contribution in [0.2, 0.25) is 0 Å². The van der Waals surface area contributed by atoms with Crippen molar-refractivity contribution in [3.05, 3.63) is 48.0 Å². The largest absolute Gasteiger partial charge is 0.304 e. The first-order valence-corrected chi connectivity index (χ1v) is 7.88. The van der Waals surface area contributed by atoms with Crippen LogP contribution in [0, 0.1) is 0 Å². The van der Waals surface area contributed by atoms with E-state index in [9.17, 15) is 0 Å². The molecule has 6 heteroatoms. The molecule has 2 aromatic rings. The normalized spacial score (nSPS) is 13.8. The van der Waals surface area contributed by atoms with Gasteiger partial charge in [0.2, 0.25) is 0 Å². The second kappa shape index (κ2) is 6.98. The molecule has 2 aromatic heterocycles. The van der Waals surface area contributed by atoms with Gasteiger partial charge in [-0.05, 0) is 40.3 Å². The standard InChI is InChI=1S/C18H22N6/c1-23(2)11-17-13-9-19-7-5-15(13)22-18(12-24(3)4)14-10-20-8-6-16(14)21-17/h5-10H,11-12H2,1-4H3. The zero-order chi connectivity index (χ0) is 17.1. The summed E-state index contributed by atoms with van der Waals surface area (Å²) in [4.78, 5) is 22.6. The molecule has 0 atom stereocenters. The molecule has 3 rings (SSSR count). The average molecular weight is 322 g/mol.